The highest BCUT2D eigenvalue weighted by Gasteiger charge is 2.21. The lowest BCUT2D eigenvalue weighted by atomic mass is 9.86. The van der Waals surface area contributed by atoms with E-state index in [2.05, 4.69) is 32.5 Å². The number of ketones is 1. The average Bonchev–Trinajstić information content (AvgIpc) is 3.18. The van der Waals surface area contributed by atoms with Crippen molar-refractivity contribution in [1.82, 2.24) is 20.4 Å². The highest BCUT2D eigenvalue weighted by Crippen LogP contribution is 2.33. The lowest BCUT2D eigenvalue weighted by Gasteiger charge is -2.18. The van der Waals surface area contributed by atoms with E-state index in [1.54, 1.807) is 0 Å². The molecule has 0 saturated carbocycles. The van der Waals surface area contributed by atoms with Crippen LogP contribution in [-0.2, 0) is 11.2 Å². The maximum atomic E-state index is 12.6. The maximum Gasteiger partial charge on any atom is 0.203 e. The molecule has 0 fully saturated rings. The molecule has 1 unspecified atom stereocenters. The van der Waals surface area contributed by atoms with Crippen LogP contribution in [0.25, 0.3) is 11.2 Å². The van der Waals surface area contributed by atoms with E-state index in [9.17, 15) is 4.79 Å². The van der Waals surface area contributed by atoms with Crippen molar-refractivity contribution < 1.29 is 4.79 Å². The second-order valence-corrected chi connectivity index (χ2v) is 6.84. The van der Waals surface area contributed by atoms with Gasteiger partial charge in [-0.1, -0.05) is 60.7 Å². The molecule has 28 heavy (non-hydrogen) atoms. The second kappa shape index (κ2) is 8.00. The summed E-state index contributed by atoms with van der Waals surface area (Å²) in [6.07, 6.45) is 1.58. The molecule has 6 nitrogen and oxygen atoms in total. The van der Waals surface area contributed by atoms with Crippen LogP contribution in [0.2, 0.25) is 0 Å². The van der Waals surface area contributed by atoms with Gasteiger partial charge in [0.25, 0.3) is 0 Å². The van der Waals surface area contributed by atoms with Gasteiger partial charge in [0.05, 0.1) is 0 Å². The first-order chi connectivity index (χ1) is 13.7. The number of carbonyl (C=O) groups excluding carboxylic acids is 1. The minimum atomic E-state index is -0.0150. The van der Waals surface area contributed by atoms with E-state index < -0.39 is 0 Å². The van der Waals surface area contributed by atoms with Crippen molar-refractivity contribution in [1.29, 1.82) is 0 Å². The second-order valence-electron chi connectivity index (χ2n) is 6.84. The molecule has 0 saturated heterocycles. The van der Waals surface area contributed by atoms with Crippen LogP contribution >= 0.6 is 0 Å². The minimum Gasteiger partial charge on any atom is -0.384 e. The van der Waals surface area contributed by atoms with Crippen molar-refractivity contribution >= 4 is 22.8 Å². The molecule has 0 spiro atoms. The summed E-state index contributed by atoms with van der Waals surface area (Å²) in [5.41, 5.74) is 10.3. The number of rotatable bonds is 7. The van der Waals surface area contributed by atoms with Crippen molar-refractivity contribution in [3.8, 4) is 0 Å². The predicted molar refractivity (Wildman–Crippen MR) is 109 cm³/mol. The number of benzene rings is 2. The number of nitrogens with zero attached hydrogens (tertiary/aromatic N) is 3. The molecule has 3 N–H and O–H groups in total. The molecule has 2 heterocycles. The standard InChI is InChI=1S/C22H21N5O/c23-20-14-19(21-22(24-20)26-27-25-21)18(16-9-5-2-6-10-16)12-11-17(28)13-15-7-3-1-4-8-15/h1-10,14,18H,11-13H2,(H3,23,24,25,26,27). The molecular formula is C22H21N5O. The summed E-state index contributed by atoms with van der Waals surface area (Å²) >= 11 is 0. The van der Waals surface area contributed by atoms with Crippen LogP contribution in [-0.4, -0.2) is 26.2 Å². The molecule has 0 radical (unpaired) electrons. The summed E-state index contributed by atoms with van der Waals surface area (Å²) < 4.78 is 0. The van der Waals surface area contributed by atoms with Gasteiger partial charge in [-0.2, -0.15) is 10.3 Å². The lowest BCUT2D eigenvalue weighted by Crippen LogP contribution is -2.09. The largest absolute Gasteiger partial charge is 0.384 e. The van der Waals surface area contributed by atoms with Crippen LogP contribution in [0.5, 0.6) is 0 Å². The van der Waals surface area contributed by atoms with E-state index in [1.807, 2.05) is 54.6 Å². The zero-order chi connectivity index (χ0) is 19.3. The Morgan fingerprint density at radius 3 is 2.46 bits per heavy atom. The lowest BCUT2D eigenvalue weighted by molar-refractivity contribution is -0.118. The fraction of sp³-hybridized carbons (Fsp3) is 0.182. The fourth-order valence-electron chi connectivity index (χ4n) is 3.55. The Morgan fingerprint density at radius 1 is 1.00 bits per heavy atom. The van der Waals surface area contributed by atoms with Gasteiger partial charge in [-0.25, -0.2) is 4.98 Å². The number of hydrogen-bond donors (Lipinski definition) is 2. The topological polar surface area (TPSA) is 97.6 Å². The van der Waals surface area contributed by atoms with Crippen molar-refractivity contribution in [2.45, 2.75) is 25.2 Å². The van der Waals surface area contributed by atoms with Crippen molar-refractivity contribution in [3.63, 3.8) is 0 Å². The van der Waals surface area contributed by atoms with Gasteiger partial charge in [-0.15, -0.1) is 5.10 Å². The molecule has 6 heteroatoms. The average molecular weight is 371 g/mol. The monoisotopic (exact) mass is 371 g/mol. The number of pyridine rings is 1. The molecule has 140 valence electrons. The van der Waals surface area contributed by atoms with Gasteiger partial charge in [-0.05, 0) is 29.2 Å². The molecule has 4 rings (SSSR count). The number of nitrogens with two attached hydrogens (primary N) is 1. The first-order valence-electron chi connectivity index (χ1n) is 9.28. The number of H-pyrrole nitrogens is 1. The van der Waals surface area contributed by atoms with E-state index in [-0.39, 0.29) is 11.7 Å². The molecular weight excluding hydrogens is 350 g/mol. The van der Waals surface area contributed by atoms with Gasteiger partial charge in [-0.3, -0.25) is 4.79 Å². The molecule has 0 bridgehead atoms. The minimum absolute atomic E-state index is 0.0150. The van der Waals surface area contributed by atoms with Crippen LogP contribution in [0.1, 0.15) is 35.4 Å². The Hall–Kier alpha value is -3.54. The quantitative estimate of drug-likeness (QED) is 0.517. The molecule has 2 aromatic heterocycles. The van der Waals surface area contributed by atoms with Crippen LogP contribution < -0.4 is 5.73 Å². The third-order valence-electron chi connectivity index (χ3n) is 4.87. The Balaban J connectivity index is 1.61. The summed E-state index contributed by atoms with van der Waals surface area (Å²) in [5, 5.41) is 11.0. The Labute approximate surface area is 162 Å². The van der Waals surface area contributed by atoms with Crippen LogP contribution in [0.3, 0.4) is 0 Å². The molecule has 0 aliphatic heterocycles. The SMILES string of the molecule is Nc1cc(C(CCC(=O)Cc2ccccc2)c2ccccc2)c2n[nH]nc2n1. The highest BCUT2D eigenvalue weighted by molar-refractivity contribution is 5.81. The van der Waals surface area contributed by atoms with Gasteiger partial charge in [0.1, 0.15) is 17.1 Å². The normalized spacial score (nSPS) is 12.1. The number of anilines is 1. The zero-order valence-electron chi connectivity index (χ0n) is 15.4. The number of hydrogen-bond acceptors (Lipinski definition) is 5. The van der Waals surface area contributed by atoms with E-state index in [0.29, 0.717) is 36.2 Å². The number of aromatic amines is 1. The Morgan fingerprint density at radius 2 is 1.71 bits per heavy atom. The summed E-state index contributed by atoms with van der Waals surface area (Å²) in [6, 6.07) is 21.8. The summed E-state index contributed by atoms with van der Waals surface area (Å²) in [7, 11) is 0. The van der Waals surface area contributed by atoms with Gasteiger partial charge >= 0.3 is 0 Å². The van der Waals surface area contributed by atoms with Gasteiger partial charge in [0.15, 0.2) is 0 Å². The molecule has 2 aromatic carbocycles. The Kier molecular flexibility index (Phi) is 5.10. The first-order valence-corrected chi connectivity index (χ1v) is 9.28. The third kappa shape index (κ3) is 3.91. The number of nitrogen functional groups attached to an aromatic ring is 1. The van der Waals surface area contributed by atoms with E-state index in [4.69, 9.17) is 5.73 Å². The predicted octanol–water partition coefficient (Wildman–Crippen LogP) is 3.66. The zero-order valence-corrected chi connectivity index (χ0v) is 15.4. The fourth-order valence-corrected chi connectivity index (χ4v) is 3.55. The summed E-state index contributed by atoms with van der Waals surface area (Å²) in [6.45, 7) is 0. The molecule has 0 aliphatic rings. The third-order valence-corrected chi connectivity index (χ3v) is 4.87. The van der Waals surface area contributed by atoms with Crippen molar-refractivity contribution in [3.05, 3.63) is 83.4 Å². The van der Waals surface area contributed by atoms with Gasteiger partial charge < -0.3 is 5.73 Å². The molecule has 0 amide bonds. The first kappa shape index (κ1) is 17.9. The van der Waals surface area contributed by atoms with Gasteiger partial charge in [0, 0.05) is 18.8 Å². The van der Waals surface area contributed by atoms with Crippen molar-refractivity contribution in [2.75, 3.05) is 5.73 Å². The maximum absolute atomic E-state index is 12.6. The van der Waals surface area contributed by atoms with E-state index >= 15 is 0 Å². The number of aromatic nitrogens is 4. The molecule has 4 aromatic rings. The van der Waals surface area contributed by atoms with Crippen molar-refractivity contribution in [2.24, 2.45) is 0 Å². The molecule has 0 aliphatic carbocycles. The number of Topliss-reactive ketones (excluding diaryl/α,β-unsaturated/α-hetero) is 1. The van der Waals surface area contributed by atoms with Crippen LogP contribution in [0.4, 0.5) is 5.82 Å². The Bertz CT molecular complexity index is 1080. The van der Waals surface area contributed by atoms with E-state index in [0.717, 1.165) is 16.7 Å². The number of fused-ring (bicyclic) bond motifs is 1. The number of nitrogens with one attached hydrogen (secondary N) is 1. The smallest absolute Gasteiger partial charge is 0.203 e. The number of carbonyl (C=O) groups is 1. The van der Waals surface area contributed by atoms with Crippen LogP contribution in [0, 0.1) is 0 Å². The highest BCUT2D eigenvalue weighted by atomic mass is 16.1. The summed E-state index contributed by atoms with van der Waals surface area (Å²) in [5.74, 6) is 0.595. The molecule has 1 atom stereocenters. The van der Waals surface area contributed by atoms with E-state index in [1.165, 1.54) is 0 Å². The van der Waals surface area contributed by atoms with Gasteiger partial charge in [0.2, 0.25) is 5.65 Å². The summed E-state index contributed by atoms with van der Waals surface area (Å²) in [4.78, 5) is 16.8. The van der Waals surface area contributed by atoms with Crippen LogP contribution in [0.15, 0.2) is 66.7 Å².